The van der Waals surface area contributed by atoms with Gasteiger partial charge in [-0.2, -0.15) is 0 Å². The summed E-state index contributed by atoms with van der Waals surface area (Å²) in [4.78, 5) is 0. The zero-order chi connectivity index (χ0) is 16.3. The summed E-state index contributed by atoms with van der Waals surface area (Å²) < 4.78 is 0. The Kier molecular flexibility index (Phi) is 5.12. The number of benzene rings is 2. The first-order chi connectivity index (χ1) is 10.4. The summed E-state index contributed by atoms with van der Waals surface area (Å²) in [5, 5.41) is 20.6. The van der Waals surface area contributed by atoms with Crippen LogP contribution in [0.4, 0.5) is 0 Å². The molecule has 2 N–H and O–H groups in total. The zero-order valence-corrected chi connectivity index (χ0v) is 13.9. The van der Waals surface area contributed by atoms with Gasteiger partial charge in [-0.15, -0.1) is 0 Å². The number of hydrogen-bond donors (Lipinski definition) is 2. The van der Waals surface area contributed by atoms with Crippen molar-refractivity contribution in [2.45, 2.75) is 40.5 Å². The Morgan fingerprint density at radius 1 is 0.682 bits per heavy atom. The van der Waals surface area contributed by atoms with Gasteiger partial charge < -0.3 is 10.2 Å². The quantitative estimate of drug-likeness (QED) is 0.800. The standard InChI is InChI=1S/C20H26O2/c1-13(2)9-15-5-7-17(19(21)11-15)18-8-6-16(10-14(3)4)12-20(18)22/h5-8,11-14,21-22H,9-10H2,1-4H3. The fraction of sp³-hybridized carbons (Fsp3) is 0.400. The van der Waals surface area contributed by atoms with Crippen LogP contribution in [-0.2, 0) is 12.8 Å². The molecule has 2 rings (SSSR count). The van der Waals surface area contributed by atoms with Crippen LogP contribution < -0.4 is 0 Å². The van der Waals surface area contributed by atoms with Crippen molar-refractivity contribution >= 4 is 0 Å². The van der Waals surface area contributed by atoms with E-state index in [-0.39, 0.29) is 11.5 Å². The highest BCUT2D eigenvalue weighted by atomic mass is 16.3. The van der Waals surface area contributed by atoms with E-state index in [1.165, 1.54) is 0 Å². The first-order valence-corrected chi connectivity index (χ1v) is 8.01. The highest BCUT2D eigenvalue weighted by Crippen LogP contribution is 2.36. The van der Waals surface area contributed by atoms with E-state index in [1.54, 1.807) is 12.1 Å². The molecule has 0 unspecified atom stereocenters. The van der Waals surface area contributed by atoms with E-state index in [9.17, 15) is 10.2 Å². The Morgan fingerprint density at radius 2 is 1.05 bits per heavy atom. The highest BCUT2D eigenvalue weighted by Gasteiger charge is 2.11. The minimum atomic E-state index is 0.227. The predicted octanol–water partition coefficient (Wildman–Crippen LogP) is 5.16. The van der Waals surface area contributed by atoms with Crippen LogP contribution in [0.25, 0.3) is 11.1 Å². The van der Waals surface area contributed by atoms with Crippen molar-refractivity contribution in [3.05, 3.63) is 47.5 Å². The van der Waals surface area contributed by atoms with Crippen molar-refractivity contribution in [1.82, 2.24) is 0 Å². The molecule has 0 aliphatic heterocycles. The van der Waals surface area contributed by atoms with E-state index in [0.29, 0.717) is 23.0 Å². The van der Waals surface area contributed by atoms with Crippen LogP contribution in [0.1, 0.15) is 38.8 Å². The van der Waals surface area contributed by atoms with Crippen LogP contribution in [0.5, 0.6) is 11.5 Å². The second kappa shape index (κ2) is 6.87. The largest absolute Gasteiger partial charge is 0.507 e. The van der Waals surface area contributed by atoms with Gasteiger partial charge in [-0.05, 0) is 47.9 Å². The second-order valence-electron chi connectivity index (χ2n) is 6.90. The van der Waals surface area contributed by atoms with Gasteiger partial charge in [0, 0.05) is 11.1 Å². The Bertz CT molecular complexity index is 585. The van der Waals surface area contributed by atoms with E-state index in [4.69, 9.17) is 0 Å². The van der Waals surface area contributed by atoms with Gasteiger partial charge in [0.2, 0.25) is 0 Å². The summed E-state index contributed by atoms with van der Waals surface area (Å²) in [6, 6.07) is 11.4. The maximum absolute atomic E-state index is 10.3. The number of phenols is 2. The molecule has 0 aliphatic carbocycles. The molecule has 0 amide bonds. The second-order valence-corrected chi connectivity index (χ2v) is 6.90. The monoisotopic (exact) mass is 298 g/mol. The van der Waals surface area contributed by atoms with Crippen LogP contribution in [0.2, 0.25) is 0 Å². The molecule has 0 fully saturated rings. The molecule has 0 spiro atoms. The van der Waals surface area contributed by atoms with Gasteiger partial charge in [-0.25, -0.2) is 0 Å². The summed E-state index contributed by atoms with van der Waals surface area (Å²) in [5.41, 5.74) is 3.60. The molecular weight excluding hydrogens is 272 g/mol. The molecule has 0 saturated heterocycles. The smallest absolute Gasteiger partial charge is 0.123 e. The van der Waals surface area contributed by atoms with Crippen LogP contribution >= 0.6 is 0 Å². The molecule has 0 saturated carbocycles. The van der Waals surface area contributed by atoms with E-state index in [0.717, 1.165) is 24.0 Å². The molecule has 2 aromatic carbocycles. The highest BCUT2D eigenvalue weighted by molar-refractivity contribution is 5.75. The summed E-state index contributed by atoms with van der Waals surface area (Å²) in [6.07, 6.45) is 1.88. The normalized spacial score (nSPS) is 11.4. The summed E-state index contributed by atoms with van der Waals surface area (Å²) >= 11 is 0. The third kappa shape index (κ3) is 4.03. The van der Waals surface area contributed by atoms with Crippen molar-refractivity contribution in [2.24, 2.45) is 11.8 Å². The van der Waals surface area contributed by atoms with Gasteiger partial charge in [0.1, 0.15) is 11.5 Å². The number of rotatable bonds is 5. The van der Waals surface area contributed by atoms with Crippen molar-refractivity contribution in [3.63, 3.8) is 0 Å². The average Bonchev–Trinajstić information content (AvgIpc) is 2.38. The topological polar surface area (TPSA) is 40.5 Å². The molecule has 0 radical (unpaired) electrons. The Labute approximate surface area is 133 Å². The molecule has 0 atom stereocenters. The van der Waals surface area contributed by atoms with Gasteiger partial charge in [0.05, 0.1) is 0 Å². The average molecular weight is 298 g/mol. The number of phenolic OH excluding ortho intramolecular Hbond substituents is 2. The SMILES string of the molecule is CC(C)Cc1ccc(-c2ccc(CC(C)C)cc2O)c(O)c1. The van der Waals surface area contributed by atoms with Crippen LogP contribution in [0, 0.1) is 11.8 Å². The minimum Gasteiger partial charge on any atom is -0.507 e. The van der Waals surface area contributed by atoms with E-state index < -0.39 is 0 Å². The Morgan fingerprint density at radius 3 is 1.32 bits per heavy atom. The maximum Gasteiger partial charge on any atom is 0.123 e. The lowest BCUT2D eigenvalue weighted by Gasteiger charge is -2.12. The van der Waals surface area contributed by atoms with E-state index in [2.05, 4.69) is 27.7 Å². The third-order valence-electron chi connectivity index (χ3n) is 3.70. The number of aromatic hydroxyl groups is 2. The minimum absolute atomic E-state index is 0.227. The summed E-state index contributed by atoms with van der Waals surface area (Å²) in [6.45, 7) is 8.63. The lowest BCUT2D eigenvalue weighted by molar-refractivity contribution is 0.467. The number of hydrogen-bond acceptors (Lipinski definition) is 2. The molecule has 0 bridgehead atoms. The van der Waals surface area contributed by atoms with Crippen molar-refractivity contribution < 1.29 is 10.2 Å². The van der Waals surface area contributed by atoms with Crippen molar-refractivity contribution in [2.75, 3.05) is 0 Å². The van der Waals surface area contributed by atoms with Gasteiger partial charge in [0.15, 0.2) is 0 Å². The molecular formula is C20H26O2. The van der Waals surface area contributed by atoms with E-state index >= 15 is 0 Å². The Balaban J connectivity index is 2.31. The third-order valence-corrected chi connectivity index (χ3v) is 3.70. The Hall–Kier alpha value is -1.96. The summed E-state index contributed by atoms with van der Waals surface area (Å²) in [5.74, 6) is 1.55. The van der Waals surface area contributed by atoms with Crippen LogP contribution in [0.3, 0.4) is 0 Å². The maximum atomic E-state index is 10.3. The van der Waals surface area contributed by atoms with Gasteiger partial charge in [-0.3, -0.25) is 0 Å². The molecule has 118 valence electrons. The van der Waals surface area contributed by atoms with Crippen molar-refractivity contribution in [1.29, 1.82) is 0 Å². The molecule has 0 aromatic heterocycles. The first kappa shape index (κ1) is 16.4. The molecule has 2 heteroatoms. The summed E-state index contributed by atoms with van der Waals surface area (Å²) in [7, 11) is 0. The van der Waals surface area contributed by atoms with Gasteiger partial charge in [0.25, 0.3) is 0 Å². The zero-order valence-electron chi connectivity index (χ0n) is 13.9. The molecule has 2 aromatic rings. The van der Waals surface area contributed by atoms with Gasteiger partial charge >= 0.3 is 0 Å². The lowest BCUT2D eigenvalue weighted by Crippen LogP contribution is -1.95. The first-order valence-electron chi connectivity index (χ1n) is 8.01. The van der Waals surface area contributed by atoms with Crippen molar-refractivity contribution in [3.8, 4) is 22.6 Å². The fourth-order valence-corrected chi connectivity index (χ4v) is 2.81. The van der Waals surface area contributed by atoms with Gasteiger partial charge in [-0.1, -0.05) is 52.0 Å². The predicted molar refractivity (Wildman–Crippen MR) is 92.3 cm³/mol. The van der Waals surface area contributed by atoms with Crippen LogP contribution in [-0.4, -0.2) is 10.2 Å². The van der Waals surface area contributed by atoms with E-state index in [1.807, 2.05) is 24.3 Å². The molecule has 0 aliphatic rings. The fourth-order valence-electron chi connectivity index (χ4n) is 2.81. The lowest BCUT2D eigenvalue weighted by atomic mass is 9.95. The molecule has 0 heterocycles. The van der Waals surface area contributed by atoms with Crippen LogP contribution in [0.15, 0.2) is 36.4 Å². The molecule has 2 nitrogen and oxygen atoms in total. The molecule has 22 heavy (non-hydrogen) atoms.